The van der Waals surface area contributed by atoms with Crippen LogP contribution >= 0.6 is 0 Å². The fraction of sp³-hybridized carbons (Fsp3) is 0.875. The summed E-state index contributed by atoms with van der Waals surface area (Å²) >= 11 is 0. The number of hydrogen-bond acceptors (Lipinski definition) is 3. The van der Waals surface area contributed by atoms with Crippen molar-refractivity contribution in [2.45, 2.75) is 70.9 Å². The van der Waals surface area contributed by atoms with E-state index in [1.807, 2.05) is 0 Å². The minimum atomic E-state index is 0.648. The van der Waals surface area contributed by atoms with Crippen molar-refractivity contribution < 1.29 is 0 Å². The molecule has 1 aromatic rings. The highest BCUT2D eigenvalue weighted by atomic mass is 15.3. The summed E-state index contributed by atoms with van der Waals surface area (Å²) in [4.78, 5) is 0. The monoisotopic (exact) mass is 276 g/mol. The van der Waals surface area contributed by atoms with Gasteiger partial charge in [0.15, 0.2) is 0 Å². The van der Waals surface area contributed by atoms with Crippen LogP contribution in [0.4, 0.5) is 0 Å². The first kappa shape index (κ1) is 14.1. The molecular formula is C16H28N4. The van der Waals surface area contributed by atoms with E-state index in [9.17, 15) is 0 Å². The van der Waals surface area contributed by atoms with E-state index < -0.39 is 0 Å². The third-order valence-corrected chi connectivity index (χ3v) is 5.42. The fourth-order valence-electron chi connectivity index (χ4n) is 3.74. The van der Waals surface area contributed by atoms with Crippen LogP contribution in [-0.4, -0.2) is 20.8 Å². The second-order valence-electron chi connectivity index (χ2n) is 7.04. The maximum atomic E-state index is 4.41. The zero-order chi connectivity index (χ0) is 14.1. The summed E-state index contributed by atoms with van der Waals surface area (Å²) in [5.74, 6) is 4.62. The van der Waals surface area contributed by atoms with Crippen LogP contribution in [0.2, 0.25) is 0 Å². The van der Waals surface area contributed by atoms with Gasteiger partial charge in [-0.25, -0.2) is 0 Å². The van der Waals surface area contributed by atoms with Crippen molar-refractivity contribution in [2.24, 2.45) is 18.9 Å². The lowest BCUT2D eigenvalue weighted by Crippen LogP contribution is -2.39. The Balaban J connectivity index is 1.57. The number of nitrogens with one attached hydrogen (secondary N) is 1. The van der Waals surface area contributed by atoms with Gasteiger partial charge in [-0.15, -0.1) is 10.2 Å². The van der Waals surface area contributed by atoms with Gasteiger partial charge in [-0.05, 0) is 43.9 Å². The van der Waals surface area contributed by atoms with Crippen molar-refractivity contribution in [1.82, 2.24) is 20.1 Å². The Bertz CT molecular complexity index is 449. The van der Waals surface area contributed by atoms with Crippen LogP contribution in [0.1, 0.15) is 69.9 Å². The SMILES string of the molecule is C[C@@H]1CC[C@H](NCc2nnc(C3CCC3)n2C)[C@H](C)C1. The molecule has 0 aromatic carbocycles. The fourth-order valence-corrected chi connectivity index (χ4v) is 3.74. The molecule has 112 valence electrons. The largest absolute Gasteiger partial charge is 0.317 e. The molecule has 4 heteroatoms. The number of rotatable bonds is 4. The van der Waals surface area contributed by atoms with E-state index in [1.165, 1.54) is 44.3 Å². The lowest BCUT2D eigenvalue weighted by atomic mass is 9.80. The second-order valence-corrected chi connectivity index (χ2v) is 7.04. The maximum absolute atomic E-state index is 4.41. The molecule has 2 aliphatic carbocycles. The van der Waals surface area contributed by atoms with Crippen molar-refractivity contribution in [3.63, 3.8) is 0 Å². The Kier molecular flexibility index (Phi) is 4.11. The molecule has 0 amide bonds. The van der Waals surface area contributed by atoms with Crippen molar-refractivity contribution in [2.75, 3.05) is 0 Å². The lowest BCUT2D eigenvalue weighted by Gasteiger charge is -2.33. The summed E-state index contributed by atoms with van der Waals surface area (Å²) in [6.07, 6.45) is 7.93. The van der Waals surface area contributed by atoms with Gasteiger partial charge in [-0.3, -0.25) is 0 Å². The molecule has 2 aliphatic rings. The molecule has 0 saturated heterocycles. The highest BCUT2D eigenvalue weighted by Crippen LogP contribution is 2.35. The normalized spacial score (nSPS) is 31.2. The summed E-state index contributed by atoms with van der Waals surface area (Å²) in [6.45, 7) is 5.61. The van der Waals surface area contributed by atoms with Gasteiger partial charge in [0.1, 0.15) is 11.6 Å². The quantitative estimate of drug-likeness (QED) is 0.919. The van der Waals surface area contributed by atoms with Crippen molar-refractivity contribution in [1.29, 1.82) is 0 Å². The molecule has 0 spiro atoms. The zero-order valence-corrected chi connectivity index (χ0v) is 13.1. The van der Waals surface area contributed by atoms with E-state index >= 15 is 0 Å². The Hall–Kier alpha value is -0.900. The van der Waals surface area contributed by atoms with Crippen LogP contribution in [0.3, 0.4) is 0 Å². The first-order chi connectivity index (χ1) is 9.65. The zero-order valence-electron chi connectivity index (χ0n) is 13.1. The number of aromatic nitrogens is 3. The van der Waals surface area contributed by atoms with E-state index in [1.54, 1.807) is 0 Å². The predicted molar refractivity (Wildman–Crippen MR) is 80.4 cm³/mol. The van der Waals surface area contributed by atoms with Gasteiger partial charge in [0.05, 0.1) is 6.54 Å². The van der Waals surface area contributed by atoms with E-state index in [0.29, 0.717) is 12.0 Å². The molecule has 3 rings (SSSR count). The van der Waals surface area contributed by atoms with Crippen molar-refractivity contribution in [3.8, 4) is 0 Å². The van der Waals surface area contributed by atoms with Gasteiger partial charge in [-0.1, -0.05) is 20.3 Å². The van der Waals surface area contributed by atoms with Gasteiger partial charge >= 0.3 is 0 Å². The van der Waals surface area contributed by atoms with Gasteiger partial charge < -0.3 is 9.88 Å². The summed E-state index contributed by atoms with van der Waals surface area (Å²) in [5.41, 5.74) is 0. The highest BCUT2D eigenvalue weighted by Gasteiger charge is 2.27. The van der Waals surface area contributed by atoms with Crippen molar-refractivity contribution in [3.05, 3.63) is 11.6 Å². The first-order valence-corrected chi connectivity index (χ1v) is 8.26. The van der Waals surface area contributed by atoms with Crippen LogP contribution in [0.5, 0.6) is 0 Å². The topological polar surface area (TPSA) is 42.7 Å². The molecule has 0 bridgehead atoms. The van der Waals surface area contributed by atoms with E-state index in [-0.39, 0.29) is 0 Å². The molecule has 0 aliphatic heterocycles. The lowest BCUT2D eigenvalue weighted by molar-refractivity contribution is 0.225. The summed E-state index contributed by atoms with van der Waals surface area (Å²) < 4.78 is 2.22. The van der Waals surface area contributed by atoms with Gasteiger partial charge in [-0.2, -0.15) is 0 Å². The molecule has 1 aromatic heterocycles. The molecule has 2 saturated carbocycles. The van der Waals surface area contributed by atoms with Gasteiger partial charge in [0.2, 0.25) is 0 Å². The average Bonchev–Trinajstić information content (AvgIpc) is 2.69. The Labute approximate surface area is 122 Å². The van der Waals surface area contributed by atoms with E-state index in [4.69, 9.17) is 0 Å². The maximum Gasteiger partial charge on any atom is 0.146 e. The summed E-state index contributed by atoms with van der Waals surface area (Å²) in [7, 11) is 2.12. The molecule has 0 unspecified atom stereocenters. The molecule has 2 fully saturated rings. The third-order valence-electron chi connectivity index (χ3n) is 5.42. The van der Waals surface area contributed by atoms with Crippen LogP contribution in [0, 0.1) is 11.8 Å². The highest BCUT2D eigenvalue weighted by molar-refractivity contribution is 5.04. The van der Waals surface area contributed by atoms with Crippen LogP contribution < -0.4 is 5.32 Å². The van der Waals surface area contributed by atoms with Crippen LogP contribution in [0.25, 0.3) is 0 Å². The Morgan fingerprint density at radius 3 is 2.60 bits per heavy atom. The molecule has 0 radical (unpaired) electrons. The van der Waals surface area contributed by atoms with E-state index in [2.05, 4.69) is 41.0 Å². The summed E-state index contributed by atoms with van der Waals surface area (Å²) in [6, 6.07) is 0.648. The van der Waals surface area contributed by atoms with Crippen LogP contribution in [-0.2, 0) is 13.6 Å². The minimum absolute atomic E-state index is 0.648. The molecular weight excluding hydrogens is 248 g/mol. The second kappa shape index (κ2) is 5.84. The molecule has 4 nitrogen and oxygen atoms in total. The minimum Gasteiger partial charge on any atom is -0.317 e. The molecule has 1 N–H and O–H groups in total. The van der Waals surface area contributed by atoms with Crippen LogP contribution in [0.15, 0.2) is 0 Å². The Morgan fingerprint density at radius 2 is 1.95 bits per heavy atom. The van der Waals surface area contributed by atoms with E-state index in [0.717, 1.165) is 24.2 Å². The first-order valence-electron chi connectivity index (χ1n) is 8.26. The predicted octanol–water partition coefficient (Wildman–Crippen LogP) is 3.00. The number of hydrogen-bond donors (Lipinski definition) is 1. The average molecular weight is 276 g/mol. The van der Waals surface area contributed by atoms with Crippen molar-refractivity contribution >= 4 is 0 Å². The van der Waals surface area contributed by atoms with Gasteiger partial charge in [0, 0.05) is 19.0 Å². The molecule has 3 atom stereocenters. The molecule has 1 heterocycles. The smallest absolute Gasteiger partial charge is 0.146 e. The number of nitrogens with zero attached hydrogens (tertiary/aromatic N) is 3. The summed E-state index contributed by atoms with van der Waals surface area (Å²) in [5, 5.41) is 12.5. The Morgan fingerprint density at radius 1 is 1.15 bits per heavy atom. The third kappa shape index (κ3) is 2.76. The van der Waals surface area contributed by atoms with Gasteiger partial charge in [0.25, 0.3) is 0 Å². The standard InChI is InChI=1S/C16H28N4/c1-11-7-8-14(12(2)9-11)17-10-15-18-19-16(20(15)3)13-5-4-6-13/h11-14,17H,4-10H2,1-3H3/t11-,12-,14+/m1/s1. The molecule has 20 heavy (non-hydrogen) atoms.